The van der Waals surface area contributed by atoms with Gasteiger partial charge in [0.05, 0.1) is 11.0 Å². The molecule has 0 radical (unpaired) electrons. The van der Waals surface area contributed by atoms with Crippen LogP contribution in [0.5, 0.6) is 0 Å². The van der Waals surface area contributed by atoms with E-state index in [1.165, 1.54) is 5.57 Å². The van der Waals surface area contributed by atoms with Crippen molar-refractivity contribution in [2.45, 2.75) is 20.3 Å². The summed E-state index contributed by atoms with van der Waals surface area (Å²) >= 11 is 0. The second-order valence-electron chi connectivity index (χ2n) is 5.40. The summed E-state index contributed by atoms with van der Waals surface area (Å²) in [5, 5.41) is 3.25. The van der Waals surface area contributed by atoms with Crippen molar-refractivity contribution in [3.8, 4) is 5.82 Å². The van der Waals surface area contributed by atoms with Crippen molar-refractivity contribution in [2.75, 3.05) is 11.9 Å². The number of aromatic nitrogens is 4. The van der Waals surface area contributed by atoms with Gasteiger partial charge in [0, 0.05) is 25.2 Å². The molecule has 6 nitrogen and oxygen atoms in total. The van der Waals surface area contributed by atoms with Crippen LogP contribution in [0.25, 0.3) is 16.9 Å². The third-order valence-electron chi connectivity index (χ3n) is 3.59. The highest BCUT2D eigenvalue weighted by Gasteiger charge is 2.06. The highest BCUT2D eigenvalue weighted by Crippen LogP contribution is 2.16. The molecule has 3 aromatic rings. The molecule has 0 atom stereocenters. The summed E-state index contributed by atoms with van der Waals surface area (Å²) in [5.74, 6) is 1.40. The molecule has 0 saturated heterocycles. The predicted molar refractivity (Wildman–Crippen MR) is 97.7 cm³/mol. The van der Waals surface area contributed by atoms with Crippen LogP contribution in [0.3, 0.4) is 0 Å². The summed E-state index contributed by atoms with van der Waals surface area (Å²) in [7, 11) is 0. The van der Waals surface area contributed by atoms with Crippen LogP contribution in [0.4, 0.5) is 5.95 Å². The normalized spacial score (nSPS) is 12.2. The SMILES string of the molecule is CC=N/C=C(\C)CCNc1nccc(-n2cnc3ccccc32)n1. The molecule has 1 N–H and O–H groups in total. The summed E-state index contributed by atoms with van der Waals surface area (Å²) in [6, 6.07) is 9.86. The maximum atomic E-state index is 4.58. The van der Waals surface area contributed by atoms with Crippen molar-refractivity contribution in [3.05, 3.63) is 54.6 Å². The molecule has 0 fully saturated rings. The Labute approximate surface area is 141 Å². The molecule has 24 heavy (non-hydrogen) atoms. The van der Waals surface area contributed by atoms with Gasteiger partial charge in [-0.2, -0.15) is 4.98 Å². The van der Waals surface area contributed by atoms with Crippen molar-refractivity contribution >= 4 is 23.2 Å². The Hall–Kier alpha value is -3.02. The molecule has 2 heterocycles. The molecule has 0 spiro atoms. The largest absolute Gasteiger partial charge is 0.354 e. The lowest BCUT2D eigenvalue weighted by atomic mass is 10.2. The highest BCUT2D eigenvalue weighted by molar-refractivity contribution is 5.76. The number of hydrogen-bond acceptors (Lipinski definition) is 5. The average Bonchev–Trinajstić information content (AvgIpc) is 3.04. The Bertz CT molecular complexity index is 878. The van der Waals surface area contributed by atoms with E-state index in [0.717, 1.165) is 29.8 Å². The molecular formula is C18H20N6. The second-order valence-corrected chi connectivity index (χ2v) is 5.40. The van der Waals surface area contributed by atoms with E-state index >= 15 is 0 Å². The van der Waals surface area contributed by atoms with Gasteiger partial charge in [-0.3, -0.25) is 9.56 Å². The number of rotatable bonds is 6. The van der Waals surface area contributed by atoms with Crippen LogP contribution in [-0.2, 0) is 0 Å². The van der Waals surface area contributed by atoms with E-state index in [1.54, 1.807) is 18.7 Å². The number of nitrogens with one attached hydrogen (secondary N) is 1. The van der Waals surface area contributed by atoms with Crippen LogP contribution in [0.1, 0.15) is 20.3 Å². The summed E-state index contributed by atoms with van der Waals surface area (Å²) in [6.07, 6.45) is 8.07. The van der Waals surface area contributed by atoms with Gasteiger partial charge in [-0.25, -0.2) is 9.97 Å². The lowest BCUT2D eigenvalue weighted by molar-refractivity contribution is 0.942. The van der Waals surface area contributed by atoms with Gasteiger partial charge in [0.15, 0.2) is 0 Å². The average molecular weight is 320 g/mol. The van der Waals surface area contributed by atoms with Crippen LogP contribution in [0.15, 0.2) is 59.6 Å². The van der Waals surface area contributed by atoms with Gasteiger partial charge < -0.3 is 5.32 Å². The lowest BCUT2D eigenvalue weighted by Gasteiger charge is -2.07. The molecule has 0 aliphatic carbocycles. The maximum absolute atomic E-state index is 4.58. The zero-order valence-electron chi connectivity index (χ0n) is 13.8. The number of anilines is 1. The Kier molecular flexibility index (Phi) is 4.96. The van der Waals surface area contributed by atoms with Gasteiger partial charge >= 0.3 is 0 Å². The Balaban J connectivity index is 1.73. The van der Waals surface area contributed by atoms with Crippen molar-refractivity contribution in [2.24, 2.45) is 4.99 Å². The third-order valence-corrected chi connectivity index (χ3v) is 3.59. The Morgan fingerprint density at radius 3 is 3.00 bits per heavy atom. The number of benzene rings is 1. The molecule has 0 amide bonds. The smallest absolute Gasteiger partial charge is 0.224 e. The van der Waals surface area contributed by atoms with E-state index in [0.29, 0.717) is 5.95 Å². The van der Waals surface area contributed by atoms with E-state index in [-0.39, 0.29) is 0 Å². The fourth-order valence-corrected chi connectivity index (χ4v) is 2.35. The van der Waals surface area contributed by atoms with Crippen LogP contribution >= 0.6 is 0 Å². The highest BCUT2D eigenvalue weighted by atomic mass is 15.2. The van der Waals surface area contributed by atoms with Gasteiger partial charge in [-0.15, -0.1) is 0 Å². The van der Waals surface area contributed by atoms with Gasteiger partial charge in [0.25, 0.3) is 0 Å². The first kappa shape index (κ1) is 15.9. The molecular weight excluding hydrogens is 300 g/mol. The van der Waals surface area contributed by atoms with E-state index in [4.69, 9.17) is 0 Å². The molecule has 6 heteroatoms. The van der Waals surface area contributed by atoms with E-state index in [1.807, 2.05) is 48.0 Å². The molecule has 0 saturated carbocycles. The Morgan fingerprint density at radius 1 is 1.25 bits per heavy atom. The molecule has 2 aromatic heterocycles. The van der Waals surface area contributed by atoms with E-state index in [9.17, 15) is 0 Å². The standard InChI is InChI=1S/C18H20N6/c1-3-19-12-14(2)8-10-20-18-21-11-9-17(23-18)24-13-22-15-6-4-5-7-16(15)24/h3-7,9,11-13H,8,10H2,1-2H3,(H,20,21,23)/b14-12+,19-3?. The summed E-state index contributed by atoms with van der Waals surface area (Å²) in [6.45, 7) is 4.72. The van der Waals surface area contributed by atoms with Crippen LogP contribution in [-0.4, -0.2) is 32.3 Å². The molecule has 0 aliphatic heterocycles. The minimum absolute atomic E-state index is 0.608. The van der Waals surface area contributed by atoms with Crippen molar-refractivity contribution < 1.29 is 0 Å². The van der Waals surface area contributed by atoms with Gasteiger partial charge in [-0.1, -0.05) is 17.7 Å². The molecule has 122 valence electrons. The molecule has 0 unspecified atom stereocenters. The Morgan fingerprint density at radius 2 is 2.12 bits per heavy atom. The number of nitrogens with zero attached hydrogens (tertiary/aromatic N) is 5. The first-order chi connectivity index (χ1) is 11.8. The van der Waals surface area contributed by atoms with Crippen LogP contribution in [0.2, 0.25) is 0 Å². The monoisotopic (exact) mass is 320 g/mol. The van der Waals surface area contributed by atoms with Gasteiger partial charge in [0.2, 0.25) is 5.95 Å². The molecule has 0 bridgehead atoms. The van der Waals surface area contributed by atoms with Gasteiger partial charge in [-0.05, 0) is 38.5 Å². The molecule has 0 aliphatic rings. The van der Waals surface area contributed by atoms with Gasteiger partial charge in [0.1, 0.15) is 12.1 Å². The number of fused-ring (bicyclic) bond motifs is 1. The lowest BCUT2D eigenvalue weighted by Crippen LogP contribution is -2.07. The first-order valence-corrected chi connectivity index (χ1v) is 7.91. The van der Waals surface area contributed by atoms with Crippen molar-refractivity contribution in [1.29, 1.82) is 0 Å². The maximum Gasteiger partial charge on any atom is 0.224 e. The number of hydrogen-bond donors (Lipinski definition) is 1. The fourth-order valence-electron chi connectivity index (χ4n) is 2.35. The summed E-state index contributed by atoms with van der Waals surface area (Å²) in [5.41, 5.74) is 3.18. The van der Waals surface area contributed by atoms with E-state index in [2.05, 4.69) is 32.2 Å². The summed E-state index contributed by atoms with van der Waals surface area (Å²) in [4.78, 5) is 17.4. The zero-order valence-corrected chi connectivity index (χ0v) is 13.8. The number of imidazole rings is 1. The fraction of sp³-hybridized carbons (Fsp3) is 0.222. The summed E-state index contributed by atoms with van der Waals surface area (Å²) < 4.78 is 1.96. The third kappa shape index (κ3) is 3.65. The van der Waals surface area contributed by atoms with Crippen molar-refractivity contribution in [3.63, 3.8) is 0 Å². The minimum Gasteiger partial charge on any atom is -0.354 e. The molecule has 1 aromatic carbocycles. The molecule has 3 rings (SSSR count). The van der Waals surface area contributed by atoms with E-state index < -0.39 is 0 Å². The minimum atomic E-state index is 0.608. The number of aliphatic imine (C=N–C) groups is 1. The quantitative estimate of drug-likeness (QED) is 0.704. The number of para-hydroxylation sites is 2. The van der Waals surface area contributed by atoms with Crippen molar-refractivity contribution in [1.82, 2.24) is 19.5 Å². The van der Waals surface area contributed by atoms with Crippen LogP contribution in [0, 0.1) is 0 Å². The predicted octanol–water partition coefficient (Wildman–Crippen LogP) is 3.61. The second kappa shape index (κ2) is 7.50. The van der Waals surface area contributed by atoms with Crippen LogP contribution < -0.4 is 5.32 Å². The topological polar surface area (TPSA) is 68.0 Å². The first-order valence-electron chi connectivity index (χ1n) is 7.91. The zero-order chi connectivity index (χ0) is 16.8.